The minimum Gasteiger partial charge on any atom is -0.839 e. The van der Waals surface area contributed by atoms with Gasteiger partial charge in [-0.2, -0.15) is 79.0 Å². The zero-order valence-electron chi connectivity index (χ0n) is 13.3. The van der Waals surface area contributed by atoms with E-state index in [2.05, 4.69) is 0 Å². The molecule has 0 aliphatic carbocycles. The van der Waals surface area contributed by atoms with E-state index in [0.717, 1.165) is 0 Å². The van der Waals surface area contributed by atoms with Gasteiger partial charge in [0.1, 0.15) is 0 Å². The predicted octanol–water partition coefficient (Wildman–Crippen LogP) is 2.52. The number of halogens is 18. The van der Waals surface area contributed by atoms with Crippen LogP contribution < -0.4 is 15.3 Å². The first kappa shape index (κ1) is 38.3. The summed E-state index contributed by atoms with van der Waals surface area (Å²) in [6.07, 6.45) is -47.9. The summed E-state index contributed by atoms with van der Waals surface area (Å²) >= 11 is 0. The molecule has 0 aliphatic heterocycles. The van der Waals surface area contributed by atoms with E-state index in [1.165, 1.54) is 0 Å². The second kappa shape index (κ2) is 12.5. The molecule has 22 heteroatoms. The van der Waals surface area contributed by atoms with Gasteiger partial charge in [0.05, 0.1) is 18.3 Å². The van der Waals surface area contributed by atoms with Crippen LogP contribution in [0, 0.1) is 41.7 Å². The number of rotatable bonds is 0. The molecule has 0 unspecified atom stereocenters. The standard InChI is InChI=1S/3C3HF6O.Ce/c3*4-2(5,6)1(10)3(7,8)9;/h3*1H;/q3*-1;+3. The molecule has 0 aliphatic rings. The smallest absolute Gasteiger partial charge is 0.839 e. The fourth-order valence-corrected chi connectivity index (χ4v) is 0.557. The molecule has 0 spiro atoms. The summed E-state index contributed by atoms with van der Waals surface area (Å²) in [5.74, 6) is 0. The van der Waals surface area contributed by atoms with Crippen molar-refractivity contribution in [1.29, 1.82) is 0 Å². The fourth-order valence-electron chi connectivity index (χ4n) is 0.557. The average Bonchev–Trinajstić information content (AvgIpc) is 2.40. The Balaban J connectivity index is -0.000000174. The Morgan fingerprint density at radius 2 is 0.355 bits per heavy atom. The van der Waals surface area contributed by atoms with Crippen molar-refractivity contribution in [1.82, 2.24) is 0 Å². The Kier molecular flexibility index (Phi) is 15.4. The summed E-state index contributed by atoms with van der Waals surface area (Å²) in [4.78, 5) is 0. The van der Waals surface area contributed by atoms with Gasteiger partial charge < -0.3 is 15.3 Å². The third-order valence-corrected chi connectivity index (χ3v) is 1.78. The Bertz CT molecular complexity index is 369. The summed E-state index contributed by atoms with van der Waals surface area (Å²) in [6, 6.07) is 0. The van der Waals surface area contributed by atoms with Crippen molar-refractivity contribution in [3.8, 4) is 0 Å². The van der Waals surface area contributed by atoms with Gasteiger partial charge in [0.25, 0.3) is 0 Å². The molecular weight excluding hydrogens is 638 g/mol. The Labute approximate surface area is 191 Å². The van der Waals surface area contributed by atoms with E-state index in [0.29, 0.717) is 0 Å². The molecule has 3 nitrogen and oxygen atoms in total. The number of hydrogen-bond acceptors (Lipinski definition) is 3. The fraction of sp³-hybridized carbons (Fsp3) is 1.00. The van der Waals surface area contributed by atoms with E-state index in [4.69, 9.17) is 0 Å². The minimum absolute atomic E-state index is 0. The molecule has 0 saturated heterocycles. The summed E-state index contributed by atoms with van der Waals surface area (Å²) in [6.45, 7) is 0. The number of alkyl halides is 18. The van der Waals surface area contributed by atoms with Crippen molar-refractivity contribution in [2.45, 2.75) is 55.4 Å². The maximum atomic E-state index is 10.9. The van der Waals surface area contributed by atoms with Gasteiger partial charge in [0.2, 0.25) is 0 Å². The van der Waals surface area contributed by atoms with E-state index < -0.39 is 55.4 Å². The molecule has 0 amide bonds. The van der Waals surface area contributed by atoms with Crippen LogP contribution in [0.2, 0.25) is 0 Å². The molecular formula is C9H3CeF18O3. The second-order valence-corrected chi connectivity index (χ2v) is 4.39. The third kappa shape index (κ3) is 18.1. The molecule has 1 radical (unpaired) electrons. The molecule has 31 heavy (non-hydrogen) atoms. The van der Waals surface area contributed by atoms with Crippen molar-refractivity contribution < 1.29 is 136 Å². The van der Waals surface area contributed by atoms with Crippen LogP contribution in [0.5, 0.6) is 0 Å². The molecule has 0 heterocycles. The predicted molar refractivity (Wildman–Crippen MR) is 47.7 cm³/mol. The minimum atomic E-state index is -5.74. The molecule has 0 atom stereocenters. The summed E-state index contributed by atoms with van der Waals surface area (Å²) in [5.41, 5.74) is 0. The van der Waals surface area contributed by atoms with E-state index in [1.54, 1.807) is 0 Å². The Hall–Kier alpha value is -0.00338. The molecule has 0 saturated carbocycles. The van der Waals surface area contributed by atoms with Crippen LogP contribution in [0.3, 0.4) is 0 Å². The van der Waals surface area contributed by atoms with Crippen LogP contribution in [-0.4, -0.2) is 55.4 Å². The number of hydrogen-bond donors (Lipinski definition) is 0. The van der Waals surface area contributed by atoms with Gasteiger partial charge in [-0.15, -0.1) is 0 Å². The topological polar surface area (TPSA) is 69.2 Å². The van der Waals surface area contributed by atoms with Crippen molar-refractivity contribution in [2.75, 3.05) is 0 Å². The van der Waals surface area contributed by atoms with E-state index in [9.17, 15) is 94.3 Å². The first-order chi connectivity index (χ1) is 12.5. The molecule has 0 aromatic carbocycles. The van der Waals surface area contributed by atoms with E-state index >= 15 is 0 Å². The molecule has 0 aromatic rings. The molecule has 0 N–H and O–H groups in total. The SMILES string of the molecule is [Ce+3].[O-]C(C(F)(F)F)C(F)(F)F.[O-]C(C(F)(F)F)C(F)(F)F.[O-]C(C(F)(F)F)C(F)(F)F. The van der Waals surface area contributed by atoms with Gasteiger partial charge in [0, 0.05) is 0 Å². The molecule has 0 bridgehead atoms. The van der Waals surface area contributed by atoms with Gasteiger partial charge in [-0.25, -0.2) is 0 Å². The van der Waals surface area contributed by atoms with Crippen LogP contribution in [0.25, 0.3) is 0 Å². The van der Waals surface area contributed by atoms with Gasteiger partial charge in [0.15, 0.2) is 0 Å². The Morgan fingerprint density at radius 3 is 0.355 bits per heavy atom. The van der Waals surface area contributed by atoms with Crippen LogP contribution in [0.1, 0.15) is 0 Å². The normalized spacial score (nSPS) is 13.9. The van der Waals surface area contributed by atoms with Gasteiger partial charge in [-0.05, 0) is 0 Å². The maximum Gasteiger partial charge on any atom is 3.00 e. The third-order valence-electron chi connectivity index (χ3n) is 1.78. The van der Waals surface area contributed by atoms with Crippen molar-refractivity contribution in [3.05, 3.63) is 0 Å². The quantitative estimate of drug-likeness (QED) is 0.383. The molecule has 187 valence electrons. The zero-order chi connectivity index (χ0) is 25.7. The largest absolute Gasteiger partial charge is 3.00 e. The second-order valence-electron chi connectivity index (χ2n) is 4.39. The van der Waals surface area contributed by atoms with Crippen LogP contribution in [-0.2, 0) is 0 Å². The van der Waals surface area contributed by atoms with Crippen molar-refractivity contribution in [2.24, 2.45) is 0 Å². The summed E-state index contributed by atoms with van der Waals surface area (Å²) in [7, 11) is 0. The van der Waals surface area contributed by atoms with Crippen molar-refractivity contribution >= 4 is 0 Å². The van der Waals surface area contributed by atoms with Crippen LogP contribution in [0.4, 0.5) is 79.0 Å². The summed E-state index contributed by atoms with van der Waals surface area (Å²) < 4.78 is 196. The first-order valence-corrected chi connectivity index (χ1v) is 5.84. The van der Waals surface area contributed by atoms with E-state index in [1.807, 2.05) is 0 Å². The molecule has 0 fully saturated rings. The van der Waals surface area contributed by atoms with Gasteiger partial charge >= 0.3 is 78.8 Å². The van der Waals surface area contributed by atoms with Crippen molar-refractivity contribution in [3.63, 3.8) is 0 Å². The van der Waals surface area contributed by atoms with Crippen LogP contribution >= 0.6 is 0 Å². The van der Waals surface area contributed by atoms with E-state index in [-0.39, 0.29) is 41.7 Å². The zero-order valence-corrected chi connectivity index (χ0v) is 16.4. The summed E-state index contributed by atoms with van der Waals surface area (Å²) in [5, 5.41) is 28.0. The first-order valence-electron chi connectivity index (χ1n) is 5.84. The molecule has 0 rings (SSSR count). The van der Waals surface area contributed by atoms with Gasteiger partial charge in [-0.1, -0.05) is 0 Å². The molecule has 0 aromatic heterocycles. The van der Waals surface area contributed by atoms with Crippen LogP contribution in [0.15, 0.2) is 0 Å². The maximum absolute atomic E-state index is 10.9. The van der Waals surface area contributed by atoms with Gasteiger partial charge in [-0.3, -0.25) is 0 Å². The Morgan fingerprint density at radius 1 is 0.290 bits per heavy atom. The average molecular weight is 641 g/mol. The monoisotopic (exact) mass is 641 g/mol.